The molecule has 0 atom stereocenters. The lowest BCUT2D eigenvalue weighted by molar-refractivity contribution is 0.102. The predicted octanol–water partition coefficient (Wildman–Crippen LogP) is 3.59. The fourth-order valence-corrected chi connectivity index (χ4v) is 2.68. The molecule has 3 heterocycles. The van der Waals surface area contributed by atoms with Gasteiger partial charge in [-0.15, -0.1) is 0 Å². The second-order valence-corrected chi connectivity index (χ2v) is 5.91. The third-order valence-electron chi connectivity index (χ3n) is 4.07. The highest BCUT2D eigenvalue weighted by molar-refractivity contribution is 6.04. The molecule has 0 aliphatic carbocycles. The van der Waals surface area contributed by atoms with E-state index in [1.54, 1.807) is 31.0 Å². The summed E-state index contributed by atoms with van der Waals surface area (Å²) in [6.07, 6.45) is 6.83. The first-order valence-electron chi connectivity index (χ1n) is 9.46. The predicted molar refractivity (Wildman–Crippen MR) is 101 cm³/mol. The van der Waals surface area contributed by atoms with Crippen molar-refractivity contribution in [2.75, 3.05) is 5.32 Å². The van der Waals surface area contributed by atoms with Crippen LogP contribution in [-0.4, -0.2) is 25.4 Å². The number of amides is 1. The van der Waals surface area contributed by atoms with Gasteiger partial charge in [0.1, 0.15) is 5.82 Å². The Morgan fingerprint density at radius 2 is 1.96 bits per heavy atom. The number of imidazole rings is 1. The van der Waals surface area contributed by atoms with Crippen LogP contribution in [0.15, 0.2) is 61.3 Å². The third kappa shape index (κ3) is 3.04. The van der Waals surface area contributed by atoms with E-state index in [-0.39, 0.29) is 11.5 Å². The summed E-state index contributed by atoms with van der Waals surface area (Å²) in [6.45, 7) is -2.20. The normalized spacial score (nSPS) is 13.0. The molecule has 4 rings (SSSR count). The largest absolute Gasteiger partial charge is 0.334 e. The van der Waals surface area contributed by atoms with Crippen LogP contribution in [-0.2, 0) is 7.05 Å². The zero-order chi connectivity index (χ0) is 20.6. The molecule has 0 spiro atoms. The van der Waals surface area contributed by atoms with Crippen molar-refractivity contribution in [3.8, 4) is 11.3 Å². The number of aryl methyl sites for hydroxylation is 2. The molecule has 0 aliphatic heterocycles. The number of carbonyl (C=O) groups excluding carboxylic acids is 1. The Hall–Kier alpha value is -3.54. The number of hydrogen-bond donors (Lipinski definition) is 1. The van der Waals surface area contributed by atoms with E-state index >= 15 is 0 Å². The lowest BCUT2D eigenvalue weighted by Gasteiger charge is -2.07. The number of nitrogens with one attached hydrogen (secondary N) is 1. The summed E-state index contributed by atoms with van der Waals surface area (Å²) in [5.41, 5.74) is 3.07. The number of aromatic nitrogens is 4. The van der Waals surface area contributed by atoms with E-state index < -0.39 is 6.85 Å². The van der Waals surface area contributed by atoms with Crippen LogP contribution >= 0.6 is 0 Å². The second-order valence-electron chi connectivity index (χ2n) is 5.91. The molecular formula is C20H17N5O. The van der Waals surface area contributed by atoms with Gasteiger partial charge in [-0.3, -0.25) is 9.78 Å². The zero-order valence-electron chi connectivity index (χ0n) is 17.0. The van der Waals surface area contributed by atoms with Gasteiger partial charge in [0.2, 0.25) is 0 Å². The fraction of sp³-hybridized carbons (Fsp3) is 0.100. The van der Waals surface area contributed by atoms with E-state index in [0.717, 1.165) is 16.6 Å². The van der Waals surface area contributed by atoms with E-state index in [1.807, 2.05) is 17.7 Å². The molecule has 1 N–H and O–H groups in total. The molecule has 0 unspecified atom stereocenters. The van der Waals surface area contributed by atoms with Gasteiger partial charge in [-0.1, -0.05) is 17.7 Å². The molecule has 1 amide bonds. The summed E-state index contributed by atoms with van der Waals surface area (Å²) in [7, 11) is 1.90. The van der Waals surface area contributed by atoms with Crippen LogP contribution in [0.3, 0.4) is 0 Å². The van der Waals surface area contributed by atoms with E-state index in [1.165, 1.54) is 24.3 Å². The Bertz CT molecular complexity index is 1200. The molecular weight excluding hydrogens is 326 g/mol. The molecule has 6 heteroatoms. The Balaban J connectivity index is 1.59. The van der Waals surface area contributed by atoms with Gasteiger partial charge < -0.3 is 9.88 Å². The number of anilines is 1. The molecule has 0 bridgehead atoms. The minimum atomic E-state index is -2.20. The first-order valence-corrected chi connectivity index (χ1v) is 7.96. The first-order chi connectivity index (χ1) is 13.8. The van der Waals surface area contributed by atoms with Gasteiger partial charge in [0.15, 0.2) is 0 Å². The highest BCUT2D eigenvalue weighted by atomic mass is 16.1. The van der Waals surface area contributed by atoms with Crippen molar-refractivity contribution in [2.24, 2.45) is 7.05 Å². The van der Waals surface area contributed by atoms with Crippen LogP contribution < -0.4 is 5.32 Å². The van der Waals surface area contributed by atoms with Crippen LogP contribution in [0, 0.1) is 6.85 Å². The lowest BCUT2D eigenvalue weighted by Crippen LogP contribution is -2.12. The van der Waals surface area contributed by atoms with Crippen molar-refractivity contribution in [1.82, 2.24) is 19.5 Å². The maximum Gasteiger partial charge on any atom is 0.256 e. The molecule has 6 nitrogen and oxygen atoms in total. The number of benzene rings is 1. The highest BCUT2D eigenvalue weighted by Crippen LogP contribution is 2.23. The smallest absolute Gasteiger partial charge is 0.256 e. The fourth-order valence-electron chi connectivity index (χ4n) is 2.68. The van der Waals surface area contributed by atoms with E-state index in [0.29, 0.717) is 16.9 Å². The van der Waals surface area contributed by atoms with Crippen molar-refractivity contribution >= 4 is 22.6 Å². The van der Waals surface area contributed by atoms with E-state index in [9.17, 15) is 4.79 Å². The number of fused-ring (bicyclic) bond motifs is 1. The molecule has 1 aromatic carbocycles. The van der Waals surface area contributed by atoms with Crippen molar-refractivity contribution in [3.63, 3.8) is 0 Å². The summed E-state index contributed by atoms with van der Waals surface area (Å²) in [5, 5.41) is 3.56. The minimum absolute atomic E-state index is 0.187. The van der Waals surface area contributed by atoms with Crippen LogP contribution in [0.1, 0.15) is 20.0 Å². The maximum atomic E-state index is 12.5. The number of carbonyl (C=O) groups is 1. The van der Waals surface area contributed by atoms with Crippen molar-refractivity contribution < 1.29 is 8.91 Å². The zero-order valence-corrected chi connectivity index (χ0v) is 14.0. The summed E-state index contributed by atoms with van der Waals surface area (Å²) >= 11 is 0. The van der Waals surface area contributed by atoms with Crippen molar-refractivity contribution in [1.29, 1.82) is 0 Å². The average molecular weight is 346 g/mol. The number of rotatable bonds is 3. The van der Waals surface area contributed by atoms with Crippen molar-refractivity contribution in [3.05, 3.63) is 72.4 Å². The SMILES string of the molecule is [2H]C([2H])([2H])c1ccc(C(=O)Nc2cc3cc(-c4cncn4C)cnc3cn2)cc1. The number of hydrogen-bond acceptors (Lipinski definition) is 4. The molecule has 3 aromatic heterocycles. The van der Waals surface area contributed by atoms with Gasteiger partial charge in [0.25, 0.3) is 5.91 Å². The first kappa shape index (κ1) is 12.8. The molecule has 0 fully saturated rings. The Kier molecular flexibility index (Phi) is 3.14. The molecule has 0 saturated heterocycles. The van der Waals surface area contributed by atoms with Crippen LogP contribution in [0.2, 0.25) is 0 Å². The summed E-state index contributed by atoms with van der Waals surface area (Å²) in [4.78, 5) is 25.3. The second kappa shape index (κ2) is 6.40. The van der Waals surface area contributed by atoms with Gasteiger partial charge in [-0.2, -0.15) is 0 Å². The molecule has 128 valence electrons. The molecule has 26 heavy (non-hydrogen) atoms. The molecule has 0 saturated carbocycles. The molecule has 0 aliphatic rings. The third-order valence-corrected chi connectivity index (χ3v) is 4.07. The molecule has 4 aromatic rings. The monoisotopic (exact) mass is 346 g/mol. The Morgan fingerprint density at radius 1 is 1.12 bits per heavy atom. The molecule has 0 radical (unpaired) electrons. The Morgan fingerprint density at radius 3 is 2.69 bits per heavy atom. The van der Waals surface area contributed by atoms with Gasteiger partial charge in [0.05, 0.1) is 29.9 Å². The Labute approximate surface area is 154 Å². The van der Waals surface area contributed by atoms with E-state index in [4.69, 9.17) is 4.11 Å². The van der Waals surface area contributed by atoms with E-state index in [2.05, 4.69) is 20.3 Å². The topological polar surface area (TPSA) is 72.7 Å². The van der Waals surface area contributed by atoms with Crippen LogP contribution in [0.25, 0.3) is 22.2 Å². The van der Waals surface area contributed by atoms with Crippen LogP contribution in [0.5, 0.6) is 0 Å². The van der Waals surface area contributed by atoms with Gasteiger partial charge in [-0.05, 0) is 31.1 Å². The minimum Gasteiger partial charge on any atom is -0.334 e. The lowest BCUT2D eigenvalue weighted by atomic mass is 10.1. The van der Waals surface area contributed by atoms with Gasteiger partial charge in [0, 0.05) is 33.9 Å². The quantitative estimate of drug-likeness (QED) is 0.615. The summed E-state index contributed by atoms with van der Waals surface area (Å²) in [5.74, 6) is 0.0102. The van der Waals surface area contributed by atoms with Crippen molar-refractivity contribution in [2.45, 2.75) is 6.85 Å². The van der Waals surface area contributed by atoms with Gasteiger partial charge in [-0.25, -0.2) is 9.97 Å². The average Bonchev–Trinajstić information content (AvgIpc) is 3.13. The van der Waals surface area contributed by atoms with Crippen LogP contribution in [0.4, 0.5) is 5.82 Å². The maximum absolute atomic E-state index is 12.5. The highest BCUT2D eigenvalue weighted by Gasteiger charge is 2.09. The van der Waals surface area contributed by atoms with Gasteiger partial charge >= 0.3 is 0 Å². The summed E-state index contributed by atoms with van der Waals surface area (Å²) < 4.78 is 24.1. The summed E-state index contributed by atoms with van der Waals surface area (Å²) in [6, 6.07) is 9.54. The number of pyridine rings is 2. The number of nitrogens with zero attached hydrogens (tertiary/aromatic N) is 4. The standard InChI is InChI=1S/C20H17N5O/c1-13-3-5-14(6-4-13)20(26)24-19-8-15-7-16(9-22-17(15)10-23-19)18-11-21-12-25(18)2/h3-12H,1-2H3,(H,23,24,26)/i1D3.